The van der Waals surface area contributed by atoms with Crippen molar-refractivity contribution in [2.75, 3.05) is 36.0 Å². The van der Waals surface area contributed by atoms with E-state index < -0.39 is 16.2 Å². The van der Waals surface area contributed by atoms with Crippen molar-refractivity contribution in [1.82, 2.24) is 9.78 Å². The van der Waals surface area contributed by atoms with Crippen molar-refractivity contribution in [2.24, 2.45) is 4.40 Å². The van der Waals surface area contributed by atoms with Gasteiger partial charge < -0.3 is 19.9 Å². The van der Waals surface area contributed by atoms with E-state index in [9.17, 15) is 13.5 Å². The molecular formula is C24H30N5O5S-. The molecule has 0 radical (unpaired) electrons. The maximum absolute atomic E-state index is 13.6. The smallest absolute Gasteiger partial charge is 0.345 e. The van der Waals surface area contributed by atoms with Crippen molar-refractivity contribution in [2.45, 2.75) is 63.5 Å². The van der Waals surface area contributed by atoms with Gasteiger partial charge in [0, 0.05) is 25.1 Å². The van der Waals surface area contributed by atoms with Crippen LogP contribution in [0, 0.1) is 0 Å². The molecule has 0 bridgehead atoms. The molecule has 1 N–H and O–H groups in total. The fourth-order valence-corrected chi connectivity index (χ4v) is 7.01. The molecule has 10 nitrogen and oxygen atoms in total. The Kier molecular flexibility index (Phi) is 5.93. The summed E-state index contributed by atoms with van der Waals surface area (Å²) in [6, 6.07) is 1.15. The molecule has 2 saturated heterocycles. The van der Waals surface area contributed by atoms with Gasteiger partial charge >= 0.3 is 10.2 Å². The number of hydrogen-bond acceptors (Lipinski definition) is 6. The third kappa shape index (κ3) is 4.30. The number of hydrogen-bond donors (Lipinski definition) is 1. The van der Waals surface area contributed by atoms with Gasteiger partial charge in [-0.05, 0) is 73.6 Å². The number of aromatic nitrogens is 2. The highest BCUT2D eigenvalue weighted by Gasteiger charge is 2.34. The molecule has 0 atom stereocenters. The van der Waals surface area contributed by atoms with Crippen LogP contribution in [0.2, 0.25) is 0 Å². The third-order valence-corrected chi connectivity index (χ3v) is 8.91. The third-order valence-electron chi connectivity index (χ3n) is 7.51. The molecule has 4 aliphatic rings. The summed E-state index contributed by atoms with van der Waals surface area (Å²) in [5.74, 6) is 0. The van der Waals surface area contributed by atoms with Gasteiger partial charge in [-0.15, -0.1) is 4.40 Å². The van der Waals surface area contributed by atoms with Crippen LogP contribution in [0.15, 0.2) is 22.9 Å². The predicted octanol–water partition coefficient (Wildman–Crippen LogP) is 1.49. The molecule has 0 unspecified atom stereocenters. The first-order valence-electron chi connectivity index (χ1n) is 12.4. The van der Waals surface area contributed by atoms with Crippen molar-refractivity contribution in [3.63, 3.8) is 0 Å². The SMILES string of the molecule is O=S(=O)(/N=C(\[O-])Nc1c2c(cc3c1CCC3)CCC2)N(c1cnn(C2COC2)c1)C1CCOCC1. The van der Waals surface area contributed by atoms with Gasteiger partial charge in [0.2, 0.25) is 0 Å². The molecule has 35 heavy (non-hydrogen) atoms. The Labute approximate surface area is 205 Å². The van der Waals surface area contributed by atoms with Gasteiger partial charge in [-0.1, -0.05) is 6.07 Å². The summed E-state index contributed by atoms with van der Waals surface area (Å²) in [6.07, 6.45) is 10.1. The Balaban J connectivity index is 1.32. The van der Waals surface area contributed by atoms with E-state index >= 15 is 0 Å². The van der Waals surface area contributed by atoms with E-state index in [0.717, 1.165) is 55.3 Å². The highest BCUT2D eigenvalue weighted by atomic mass is 32.2. The van der Waals surface area contributed by atoms with Crippen molar-refractivity contribution in [3.05, 3.63) is 40.7 Å². The molecule has 3 heterocycles. The number of fused-ring (bicyclic) bond motifs is 2. The molecule has 2 aliphatic heterocycles. The van der Waals surface area contributed by atoms with Gasteiger partial charge in [0.15, 0.2) is 0 Å². The summed E-state index contributed by atoms with van der Waals surface area (Å²) in [6.45, 7) is 2.00. The van der Waals surface area contributed by atoms with Crippen LogP contribution >= 0.6 is 0 Å². The quantitative estimate of drug-likeness (QED) is 0.471. The normalized spacial score (nSPS) is 21.0. The lowest BCUT2D eigenvalue weighted by atomic mass is 9.99. The largest absolute Gasteiger partial charge is 0.845 e. The van der Waals surface area contributed by atoms with Crippen molar-refractivity contribution in [1.29, 1.82) is 0 Å². The van der Waals surface area contributed by atoms with Gasteiger partial charge in [-0.25, -0.2) is 4.31 Å². The summed E-state index contributed by atoms with van der Waals surface area (Å²) in [5, 5.41) is 20.3. The number of aryl methyl sites for hydroxylation is 2. The van der Waals surface area contributed by atoms with Crippen LogP contribution in [0.4, 0.5) is 11.4 Å². The topological polar surface area (TPSA) is 121 Å². The fraction of sp³-hybridized carbons (Fsp3) is 0.583. The summed E-state index contributed by atoms with van der Waals surface area (Å²) < 4.78 is 44.5. The van der Waals surface area contributed by atoms with E-state index in [2.05, 4.69) is 20.9 Å². The zero-order chi connectivity index (χ0) is 24.0. The number of nitrogens with one attached hydrogen (secondary N) is 1. The minimum Gasteiger partial charge on any atom is -0.845 e. The lowest BCUT2D eigenvalue weighted by Gasteiger charge is -2.33. The van der Waals surface area contributed by atoms with Gasteiger partial charge in [0.05, 0.1) is 43.2 Å². The van der Waals surface area contributed by atoms with E-state index in [1.807, 2.05) is 0 Å². The molecule has 1 aromatic carbocycles. The van der Waals surface area contributed by atoms with Crippen LogP contribution in [0.3, 0.4) is 0 Å². The summed E-state index contributed by atoms with van der Waals surface area (Å²) in [7, 11) is -4.32. The first-order valence-corrected chi connectivity index (χ1v) is 13.8. The zero-order valence-electron chi connectivity index (χ0n) is 19.6. The molecule has 2 aromatic rings. The molecule has 6 rings (SSSR count). The molecule has 2 aliphatic carbocycles. The molecular weight excluding hydrogens is 470 g/mol. The molecule has 2 fully saturated rings. The van der Waals surface area contributed by atoms with E-state index in [-0.39, 0.29) is 12.1 Å². The van der Waals surface area contributed by atoms with Gasteiger partial charge in [-0.2, -0.15) is 13.5 Å². The average Bonchev–Trinajstić information content (AvgIpc) is 3.54. The van der Waals surface area contributed by atoms with Crippen LogP contribution in [0.25, 0.3) is 0 Å². The molecule has 11 heteroatoms. The van der Waals surface area contributed by atoms with Crippen molar-refractivity contribution in [3.8, 4) is 0 Å². The minimum absolute atomic E-state index is 0.0884. The monoisotopic (exact) mass is 500 g/mol. The maximum Gasteiger partial charge on any atom is 0.345 e. The fourth-order valence-electron chi connectivity index (χ4n) is 5.72. The van der Waals surface area contributed by atoms with E-state index in [4.69, 9.17) is 9.47 Å². The molecule has 188 valence electrons. The van der Waals surface area contributed by atoms with Crippen LogP contribution in [-0.4, -0.2) is 56.7 Å². The molecule has 0 saturated carbocycles. The second-order valence-electron chi connectivity index (χ2n) is 9.74. The van der Waals surface area contributed by atoms with Crippen molar-refractivity contribution < 1.29 is 23.0 Å². The maximum atomic E-state index is 13.6. The summed E-state index contributed by atoms with van der Waals surface area (Å²) in [5.41, 5.74) is 5.99. The first kappa shape index (κ1) is 22.8. The van der Waals surface area contributed by atoms with Gasteiger partial charge in [0.25, 0.3) is 0 Å². The highest BCUT2D eigenvalue weighted by Crippen LogP contribution is 2.38. The Morgan fingerprint density at radius 1 is 1.09 bits per heavy atom. The Morgan fingerprint density at radius 3 is 2.40 bits per heavy atom. The number of ether oxygens (including phenoxy) is 2. The average molecular weight is 501 g/mol. The Bertz CT molecular complexity index is 1210. The number of amidine groups is 1. The van der Waals surface area contributed by atoms with Crippen LogP contribution in [0.5, 0.6) is 0 Å². The standard InChI is InChI=1S/C24H31N5O5S/c30-24(26-23-21-5-1-3-16(21)11-17-4-2-6-22(17)23)27-35(31,32)29(18-7-9-33-10-8-18)19-12-25-28(13-19)20-14-34-15-20/h11-13,18,20H,1-10,14-15H2,(H2,26,27,30)/p-1. The summed E-state index contributed by atoms with van der Waals surface area (Å²) >= 11 is 0. The lowest BCUT2D eigenvalue weighted by molar-refractivity contribution is -0.213. The van der Waals surface area contributed by atoms with E-state index in [1.54, 1.807) is 10.9 Å². The van der Waals surface area contributed by atoms with Crippen LogP contribution in [0.1, 0.15) is 54.0 Å². The Hall–Kier alpha value is -2.63. The molecule has 1 aromatic heterocycles. The summed E-state index contributed by atoms with van der Waals surface area (Å²) in [4.78, 5) is 0. The van der Waals surface area contributed by atoms with E-state index in [1.165, 1.54) is 21.6 Å². The second kappa shape index (κ2) is 9.11. The van der Waals surface area contributed by atoms with Crippen LogP contribution < -0.4 is 14.7 Å². The van der Waals surface area contributed by atoms with Gasteiger partial charge in [0.1, 0.15) is 0 Å². The first-order chi connectivity index (χ1) is 17.0. The molecule has 0 spiro atoms. The van der Waals surface area contributed by atoms with Crippen molar-refractivity contribution >= 4 is 27.6 Å². The second-order valence-corrected chi connectivity index (χ2v) is 11.2. The number of anilines is 2. The van der Waals surface area contributed by atoms with E-state index in [0.29, 0.717) is 45.0 Å². The number of rotatable bonds is 6. The van der Waals surface area contributed by atoms with Gasteiger partial charge in [-0.3, -0.25) is 4.68 Å². The Morgan fingerprint density at radius 2 is 1.77 bits per heavy atom. The highest BCUT2D eigenvalue weighted by molar-refractivity contribution is 7.91. The minimum atomic E-state index is -4.32. The predicted molar refractivity (Wildman–Crippen MR) is 129 cm³/mol. The molecule has 0 amide bonds. The zero-order valence-corrected chi connectivity index (χ0v) is 20.4. The number of nitrogens with zero attached hydrogens (tertiary/aromatic N) is 4. The lowest BCUT2D eigenvalue weighted by Crippen LogP contribution is -2.44. The van der Waals surface area contributed by atoms with Crippen LogP contribution in [-0.2, 0) is 45.4 Å². The number of benzene rings is 1.